The molecule has 0 atom stereocenters. The van der Waals surface area contributed by atoms with Gasteiger partial charge in [-0.05, 0) is 37.3 Å². The average molecular weight is 349 g/mol. The van der Waals surface area contributed by atoms with Gasteiger partial charge in [-0.2, -0.15) is 0 Å². The van der Waals surface area contributed by atoms with Gasteiger partial charge in [-0.15, -0.1) is 0 Å². The van der Waals surface area contributed by atoms with E-state index in [1.165, 1.54) is 4.57 Å². The van der Waals surface area contributed by atoms with Crippen molar-refractivity contribution in [1.29, 1.82) is 0 Å². The van der Waals surface area contributed by atoms with Crippen molar-refractivity contribution in [1.82, 2.24) is 13.7 Å². The van der Waals surface area contributed by atoms with Gasteiger partial charge in [-0.1, -0.05) is 18.2 Å². The molecular formula is C20H19N3O3. The van der Waals surface area contributed by atoms with Gasteiger partial charge in [0, 0.05) is 19.0 Å². The zero-order valence-corrected chi connectivity index (χ0v) is 14.9. The molecule has 0 unspecified atom stereocenters. The van der Waals surface area contributed by atoms with Crippen LogP contribution in [0.2, 0.25) is 0 Å². The Kier molecular flexibility index (Phi) is 3.68. The van der Waals surface area contributed by atoms with Crippen LogP contribution in [0.1, 0.15) is 6.92 Å². The van der Waals surface area contributed by atoms with Crippen molar-refractivity contribution in [2.75, 3.05) is 7.11 Å². The van der Waals surface area contributed by atoms with E-state index in [1.807, 2.05) is 54.9 Å². The monoisotopic (exact) mass is 349 g/mol. The summed E-state index contributed by atoms with van der Waals surface area (Å²) in [4.78, 5) is 26.4. The minimum absolute atomic E-state index is 0.321. The van der Waals surface area contributed by atoms with Crippen LogP contribution in [0, 0.1) is 0 Å². The third kappa shape index (κ3) is 2.12. The fraction of sp³-hybridized carbons (Fsp3) is 0.200. The Balaban J connectivity index is 2.27. The molecule has 0 saturated carbocycles. The Morgan fingerprint density at radius 2 is 1.73 bits per heavy atom. The average Bonchev–Trinajstić information content (AvgIpc) is 2.95. The lowest BCUT2D eigenvalue weighted by Crippen LogP contribution is -2.39. The highest BCUT2D eigenvalue weighted by Crippen LogP contribution is 2.29. The Bertz CT molecular complexity index is 1250. The largest absolute Gasteiger partial charge is 0.497 e. The molecule has 0 radical (unpaired) electrons. The quantitative estimate of drug-likeness (QED) is 0.571. The van der Waals surface area contributed by atoms with Gasteiger partial charge < -0.3 is 9.30 Å². The number of nitrogens with zero attached hydrogens (tertiary/aromatic N) is 3. The van der Waals surface area contributed by atoms with Gasteiger partial charge in [0.05, 0.1) is 23.8 Å². The number of benzene rings is 2. The maximum Gasteiger partial charge on any atom is 0.336 e. The van der Waals surface area contributed by atoms with Gasteiger partial charge in [-0.3, -0.25) is 9.36 Å². The molecule has 0 saturated heterocycles. The molecule has 0 aliphatic carbocycles. The Morgan fingerprint density at radius 3 is 2.38 bits per heavy atom. The van der Waals surface area contributed by atoms with Crippen LogP contribution in [-0.2, 0) is 13.6 Å². The topological polar surface area (TPSA) is 58.2 Å². The number of aromatic nitrogens is 3. The molecule has 0 N–H and O–H groups in total. The first kappa shape index (κ1) is 16.2. The summed E-state index contributed by atoms with van der Waals surface area (Å²) in [7, 11) is 3.44. The highest BCUT2D eigenvalue weighted by molar-refractivity contribution is 6.06. The molecule has 0 bridgehead atoms. The van der Waals surface area contributed by atoms with Crippen LogP contribution in [0.25, 0.3) is 27.6 Å². The summed E-state index contributed by atoms with van der Waals surface area (Å²) >= 11 is 0. The molecule has 4 rings (SSSR count). The highest BCUT2D eigenvalue weighted by atomic mass is 16.5. The maximum atomic E-state index is 13.3. The van der Waals surface area contributed by atoms with Crippen LogP contribution in [-0.4, -0.2) is 20.8 Å². The van der Waals surface area contributed by atoms with Crippen molar-refractivity contribution in [3.8, 4) is 11.4 Å². The van der Waals surface area contributed by atoms with E-state index in [0.29, 0.717) is 29.0 Å². The van der Waals surface area contributed by atoms with Crippen molar-refractivity contribution < 1.29 is 4.74 Å². The van der Waals surface area contributed by atoms with E-state index in [0.717, 1.165) is 10.9 Å². The minimum Gasteiger partial charge on any atom is -0.497 e. The van der Waals surface area contributed by atoms with Crippen molar-refractivity contribution in [2.45, 2.75) is 13.5 Å². The molecule has 26 heavy (non-hydrogen) atoms. The smallest absolute Gasteiger partial charge is 0.336 e. The van der Waals surface area contributed by atoms with E-state index in [2.05, 4.69) is 0 Å². The van der Waals surface area contributed by atoms with Gasteiger partial charge in [0.1, 0.15) is 11.3 Å². The lowest BCUT2D eigenvalue weighted by molar-refractivity contribution is 0.415. The number of methoxy groups -OCH3 is 1. The Labute approximate surface area is 149 Å². The summed E-state index contributed by atoms with van der Waals surface area (Å²) in [5.41, 5.74) is 1.93. The fourth-order valence-electron chi connectivity index (χ4n) is 3.56. The van der Waals surface area contributed by atoms with Crippen LogP contribution in [0.5, 0.6) is 5.75 Å². The molecule has 0 spiro atoms. The second-order valence-electron chi connectivity index (χ2n) is 6.14. The SMILES string of the molecule is CCn1c(=O)n(-c2ccccc2)c(=O)c2c1c1cc(OC)ccc1n2C. The molecule has 2 heterocycles. The molecule has 2 aromatic heterocycles. The second-order valence-corrected chi connectivity index (χ2v) is 6.14. The first-order valence-corrected chi connectivity index (χ1v) is 8.46. The molecule has 6 heteroatoms. The number of hydrogen-bond acceptors (Lipinski definition) is 3. The summed E-state index contributed by atoms with van der Waals surface area (Å²) in [6.07, 6.45) is 0. The molecule has 0 aliphatic rings. The van der Waals surface area contributed by atoms with Crippen molar-refractivity contribution >= 4 is 21.9 Å². The molecule has 4 aromatic rings. The number of ether oxygens (including phenoxy) is 1. The van der Waals surface area contributed by atoms with Gasteiger partial charge in [0.15, 0.2) is 0 Å². The van der Waals surface area contributed by atoms with Crippen LogP contribution >= 0.6 is 0 Å². The first-order chi connectivity index (χ1) is 12.6. The van der Waals surface area contributed by atoms with E-state index >= 15 is 0 Å². The van der Waals surface area contributed by atoms with E-state index in [9.17, 15) is 9.59 Å². The van der Waals surface area contributed by atoms with Crippen LogP contribution in [0.15, 0.2) is 58.1 Å². The zero-order valence-electron chi connectivity index (χ0n) is 14.9. The summed E-state index contributed by atoms with van der Waals surface area (Å²) in [6.45, 7) is 2.36. The predicted molar refractivity (Wildman–Crippen MR) is 103 cm³/mol. The standard InChI is InChI=1S/C20H19N3O3/c1-4-22-17-15-12-14(26-3)10-11-16(15)21(2)18(17)19(24)23(20(22)25)13-8-6-5-7-9-13/h5-12H,4H2,1-3H3. The van der Waals surface area contributed by atoms with Crippen molar-refractivity contribution in [3.63, 3.8) is 0 Å². The molecule has 6 nitrogen and oxygen atoms in total. The molecule has 0 fully saturated rings. The van der Waals surface area contributed by atoms with E-state index in [-0.39, 0.29) is 11.2 Å². The van der Waals surface area contributed by atoms with E-state index in [1.54, 1.807) is 23.8 Å². The highest BCUT2D eigenvalue weighted by Gasteiger charge is 2.20. The lowest BCUT2D eigenvalue weighted by Gasteiger charge is -2.11. The normalized spacial score (nSPS) is 11.3. The van der Waals surface area contributed by atoms with Crippen molar-refractivity contribution in [3.05, 3.63) is 69.4 Å². The third-order valence-corrected chi connectivity index (χ3v) is 4.81. The lowest BCUT2D eigenvalue weighted by atomic mass is 10.2. The number of hydrogen-bond donors (Lipinski definition) is 0. The number of rotatable bonds is 3. The van der Waals surface area contributed by atoms with Crippen LogP contribution in [0.4, 0.5) is 0 Å². The van der Waals surface area contributed by atoms with E-state index < -0.39 is 0 Å². The Morgan fingerprint density at radius 1 is 1.00 bits per heavy atom. The maximum absolute atomic E-state index is 13.3. The van der Waals surface area contributed by atoms with E-state index in [4.69, 9.17) is 4.74 Å². The number of fused-ring (bicyclic) bond motifs is 3. The van der Waals surface area contributed by atoms with Gasteiger partial charge in [0.2, 0.25) is 0 Å². The molecule has 0 amide bonds. The predicted octanol–water partition coefficient (Wildman–Crippen LogP) is 2.67. The van der Waals surface area contributed by atoms with Crippen LogP contribution in [0.3, 0.4) is 0 Å². The van der Waals surface area contributed by atoms with Crippen LogP contribution < -0.4 is 16.0 Å². The Hall–Kier alpha value is -3.28. The summed E-state index contributed by atoms with van der Waals surface area (Å²) in [5.74, 6) is 0.687. The minimum atomic E-state index is -0.341. The molecule has 0 aliphatic heterocycles. The summed E-state index contributed by atoms with van der Waals surface area (Å²) in [6, 6.07) is 14.6. The van der Waals surface area contributed by atoms with Gasteiger partial charge in [-0.25, -0.2) is 9.36 Å². The number of aryl methyl sites for hydroxylation is 2. The first-order valence-electron chi connectivity index (χ1n) is 8.46. The second kappa shape index (κ2) is 5.91. The molecule has 2 aromatic carbocycles. The molecular weight excluding hydrogens is 330 g/mol. The third-order valence-electron chi connectivity index (χ3n) is 4.81. The van der Waals surface area contributed by atoms with Gasteiger partial charge >= 0.3 is 5.69 Å². The molecule has 132 valence electrons. The fourth-order valence-corrected chi connectivity index (χ4v) is 3.56. The van der Waals surface area contributed by atoms with Gasteiger partial charge in [0.25, 0.3) is 5.56 Å². The summed E-state index contributed by atoms with van der Waals surface area (Å²) < 4.78 is 10.1. The number of para-hydroxylation sites is 1. The summed E-state index contributed by atoms with van der Waals surface area (Å²) in [5, 5.41) is 0.832. The zero-order chi connectivity index (χ0) is 18.4. The van der Waals surface area contributed by atoms with Crippen molar-refractivity contribution in [2.24, 2.45) is 7.05 Å².